The van der Waals surface area contributed by atoms with Crippen LogP contribution >= 0.6 is 22.7 Å². The number of para-hydroxylation sites is 2. The number of aromatic nitrogens is 3. The Morgan fingerprint density at radius 1 is 0.163 bits per heavy atom. The lowest BCUT2D eigenvalue weighted by Crippen LogP contribution is -1.93. The Hall–Kier alpha value is -16.3. The van der Waals surface area contributed by atoms with Crippen LogP contribution in [0, 0.1) is 0 Å². The summed E-state index contributed by atoms with van der Waals surface area (Å²) in [7, 11) is 0. The fourth-order valence-electron chi connectivity index (χ4n) is 21.4. The predicted molar refractivity (Wildman–Crippen MR) is 554 cm³/mol. The summed E-state index contributed by atoms with van der Waals surface area (Å²) in [6.45, 7) is 0. The zero-order valence-corrected chi connectivity index (χ0v) is 71.4. The average molecular weight is 1670 g/mol. The number of hydrogen-bond donors (Lipinski definition) is 0. The van der Waals surface area contributed by atoms with Crippen molar-refractivity contribution in [3.05, 3.63) is 443 Å². The summed E-state index contributed by atoms with van der Waals surface area (Å²) in [4.78, 5) is 10.9. The summed E-state index contributed by atoms with van der Waals surface area (Å²) in [5.74, 6) is 0. The van der Waals surface area contributed by atoms with Crippen LogP contribution < -0.4 is 0 Å². The van der Waals surface area contributed by atoms with Gasteiger partial charge in [0, 0.05) is 91.1 Å². The first-order chi connectivity index (χ1) is 63.9. The standard InChI is InChI=1S/C124H73N3S2/c1-3-26-74(27-4-1)90-58-57-87(81-54-56-101-108(67-81)98-43-14-16-45-100(98)115-72-125-116(70-112(101)115)82-33-23-30-77(62-82)75-28-21-31-79(60-75)88-48-24-50-104-103-47-18-20-53-120(103)128-122(88)104)121-105-51-25-49-89(123(105)129-124(90)121)83-63-84(65-85(64-83)117-71-111-97-42-13-9-38-93(97)94-39-10-15-44-99(94)114(111)73-126-117)107-69-110-96-41-12-8-37-92(96)91-36-7-11-40-95(91)109(110)68-106(107)80-32-22-29-76(61-80)78-55-59-119-113(66-78)102-46-17-19-52-118(102)127(119)86-34-5-2-6-35-86/h1-73H. The van der Waals surface area contributed by atoms with Gasteiger partial charge in [-0.15, -0.1) is 22.7 Å². The number of rotatable bonds is 11. The first-order valence-electron chi connectivity index (χ1n) is 44.3. The van der Waals surface area contributed by atoms with Crippen molar-refractivity contribution in [1.29, 1.82) is 0 Å². The normalized spacial score (nSPS) is 12.0. The lowest BCUT2D eigenvalue weighted by molar-refractivity contribution is 1.18. The molecular weight excluding hydrogens is 1600 g/mol. The molecule has 0 saturated heterocycles. The third kappa shape index (κ3) is 11.7. The topological polar surface area (TPSA) is 30.7 Å². The largest absolute Gasteiger partial charge is 0.309 e. The minimum absolute atomic E-state index is 0.904. The first-order valence-corrected chi connectivity index (χ1v) is 45.9. The summed E-state index contributed by atoms with van der Waals surface area (Å²) in [5.41, 5.74) is 26.0. The van der Waals surface area contributed by atoms with Gasteiger partial charge in [-0.25, -0.2) is 0 Å². The van der Waals surface area contributed by atoms with Crippen LogP contribution in [0.2, 0.25) is 0 Å². The Balaban J connectivity index is 0.651. The molecule has 5 heteroatoms. The van der Waals surface area contributed by atoms with E-state index in [9.17, 15) is 0 Å². The van der Waals surface area contributed by atoms with E-state index in [0.717, 1.165) is 94.6 Å². The highest BCUT2D eigenvalue weighted by Gasteiger charge is 2.26. The molecule has 0 saturated carbocycles. The van der Waals surface area contributed by atoms with E-state index in [1.165, 1.54) is 182 Å². The number of pyridine rings is 2. The predicted octanol–water partition coefficient (Wildman–Crippen LogP) is 35.4. The Labute approximate surface area is 750 Å². The molecule has 27 rings (SSSR count). The molecule has 0 bridgehead atoms. The van der Waals surface area contributed by atoms with Gasteiger partial charge in [0.2, 0.25) is 0 Å². The number of nitrogens with zero attached hydrogens (tertiary/aromatic N) is 3. The van der Waals surface area contributed by atoms with Crippen molar-refractivity contribution < 1.29 is 0 Å². The van der Waals surface area contributed by atoms with E-state index in [1.54, 1.807) is 0 Å². The van der Waals surface area contributed by atoms with Gasteiger partial charge in [-0.3, -0.25) is 9.97 Å². The molecule has 596 valence electrons. The second-order valence-electron chi connectivity index (χ2n) is 34.4. The Morgan fingerprint density at radius 2 is 0.519 bits per heavy atom. The van der Waals surface area contributed by atoms with Gasteiger partial charge >= 0.3 is 0 Å². The maximum Gasteiger partial charge on any atom is 0.0709 e. The molecule has 5 aromatic heterocycles. The summed E-state index contributed by atoms with van der Waals surface area (Å²) in [5, 5.41) is 29.0. The SMILES string of the molecule is c1ccc(-c2ccc(-c3ccc4c(c3)c3ccccc3c3cnc(-c5cccc(-c6cccc(-c7cccc8c7sc7ccccc78)c6)c5)cc43)c3c2sc2c(-c4cc(-c5cc6c7ccccc7c7ccccc7c6cn5)cc(-c5cc6c7ccccc7c7ccccc7c6cc5-c5cccc(-c6ccc7c(c6)c6ccccc6n7-c6ccccc6)c5)c4)cccc23)cc1. The number of benzene rings is 22. The van der Waals surface area contributed by atoms with Crippen molar-refractivity contribution in [1.82, 2.24) is 14.5 Å². The van der Waals surface area contributed by atoms with Gasteiger partial charge in [-0.2, -0.15) is 0 Å². The van der Waals surface area contributed by atoms with Crippen LogP contribution in [0.3, 0.4) is 0 Å². The lowest BCUT2D eigenvalue weighted by Gasteiger charge is -2.19. The Morgan fingerprint density at radius 3 is 1.13 bits per heavy atom. The van der Waals surface area contributed by atoms with E-state index >= 15 is 0 Å². The summed E-state index contributed by atoms with van der Waals surface area (Å²) in [6, 6.07) is 161. The summed E-state index contributed by atoms with van der Waals surface area (Å²) >= 11 is 3.79. The second kappa shape index (κ2) is 29.2. The van der Waals surface area contributed by atoms with Crippen molar-refractivity contribution in [2.75, 3.05) is 0 Å². The highest BCUT2D eigenvalue weighted by Crippen LogP contribution is 2.53. The Kier molecular flexibility index (Phi) is 16.5. The quantitative estimate of drug-likeness (QED) is 0.121. The molecule has 0 fully saturated rings. The number of fused-ring (bicyclic) bond motifs is 27. The molecule has 0 atom stereocenters. The lowest BCUT2D eigenvalue weighted by atomic mass is 9.85. The molecule has 0 aliphatic carbocycles. The van der Waals surface area contributed by atoms with E-state index in [-0.39, 0.29) is 0 Å². The zero-order chi connectivity index (χ0) is 84.5. The minimum Gasteiger partial charge on any atom is -0.309 e. The molecule has 0 amide bonds. The molecule has 0 radical (unpaired) electrons. The average Bonchev–Trinajstić information content (AvgIpc) is 1.23. The van der Waals surface area contributed by atoms with Crippen LogP contribution in [0.5, 0.6) is 0 Å². The third-order valence-electron chi connectivity index (χ3n) is 27.4. The highest BCUT2D eigenvalue weighted by atomic mass is 32.1. The van der Waals surface area contributed by atoms with Crippen LogP contribution in [-0.4, -0.2) is 14.5 Å². The molecule has 27 aromatic rings. The molecule has 3 nitrogen and oxygen atoms in total. The molecular formula is C124H73N3S2. The molecule has 5 heterocycles. The van der Waals surface area contributed by atoms with Crippen LogP contribution in [0.1, 0.15) is 0 Å². The van der Waals surface area contributed by atoms with Gasteiger partial charge < -0.3 is 4.57 Å². The van der Waals surface area contributed by atoms with E-state index in [2.05, 4.69) is 448 Å². The van der Waals surface area contributed by atoms with E-state index in [1.807, 2.05) is 22.7 Å². The number of thiophene rings is 2. The summed E-state index contributed by atoms with van der Waals surface area (Å²) in [6.07, 6.45) is 4.24. The van der Waals surface area contributed by atoms with E-state index in [0.29, 0.717) is 0 Å². The van der Waals surface area contributed by atoms with Crippen LogP contribution in [-0.2, 0) is 0 Å². The summed E-state index contributed by atoms with van der Waals surface area (Å²) < 4.78 is 7.49. The van der Waals surface area contributed by atoms with Crippen molar-refractivity contribution in [3.63, 3.8) is 0 Å². The van der Waals surface area contributed by atoms with Crippen molar-refractivity contribution in [2.24, 2.45) is 0 Å². The zero-order valence-electron chi connectivity index (χ0n) is 69.8. The molecule has 22 aromatic carbocycles. The molecule has 0 aliphatic heterocycles. The number of hydrogen-bond acceptors (Lipinski definition) is 4. The monoisotopic (exact) mass is 1670 g/mol. The Bertz CT molecular complexity index is 9430. The maximum absolute atomic E-state index is 5.61. The minimum atomic E-state index is 0.904. The van der Waals surface area contributed by atoms with Gasteiger partial charge in [0.25, 0.3) is 0 Å². The second-order valence-corrected chi connectivity index (χ2v) is 36.5. The van der Waals surface area contributed by atoms with Gasteiger partial charge in [-0.05, 0) is 278 Å². The molecule has 0 N–H and O–H groups in total. The molecule has 0 unspecified atom stereocenters. The van der Waals surface area contributed by atoms with Crippen molar-refractivity contribution in [3.8, 4) is 117 Å². The maximum atomic E-state index is 5.61. The smallest absolute Gasteiger partial charge is 0.0709 e. The van der Waals surface area contributed by atoms with Gasteiger partial charge in [0.05, 0.1) is 22.4 Å². The van der Waals surface area contributed by atoms with Gasteiger partial charge in [0.1, 0.15) is 0 Å². The van der Waals surface area contributed by atoms with Crippen LogP contribution in [0.25, 0.3) is 276 Å². The fourth-order valence-corrected chi connectivity index (χ4v) is 24.1. The fraction of sp³-hybridized carbons (Fsp3) is 0. The van der Waals surface area contributed by atoms with Crippen LogP contribution in [0.15, 0.2) is 443 Å². The van der Waals surface area contributed by atoms with Crippen molar-refractivity contribution >= 4 is 182 Å². The van der Waals surface area contributed by atoms with Gasteiger partial charge in [-0.1, -0.05) is 328 Å². The molecule has 0 spiro atoms. The van der Waals surface area contributed by atoms with E-state index < -0.39 is 0 Å². The van der Waals surface area contributed by atoms with Crippen LogP contribution in [0.4, 0.5) is 0 Å². The van der Waals surface area contributed by atoms with Crippen molar-refractivity contribution in [2.45, 2.75) is 0 Å². The van der Waals surface area contributed by atoms with E-state index in [4.69, 9.17) is 9.97 Å². The molecule has 129 heavy (non-hydrogen) atoms. The van der Waals surface area contributed by atoms with Gasteiger partial charge in [0.15, 0.2) is 0 Å². The first kappa shape index (κ1) is 73.1. The highest BCUT2D eigenvalue weighted by molar-refractivity contribution is 7.27. The third-order valence-corrected chi connectivity index (χ3v) is 29.9. The molecule has 0 aliphatic rings.